The van der Waals surface area contributed by atoms with E-state index in [1.165, 1.54) is 4.88 Å². The Morgan fingerprint density at radius 1 is 1.00 bits per heavy atom. The van der Waals surface area contributed by atoms with Crippen LogP contribution in [0.15, 0.2) is 71.7 Å². The number of benzene rings is 3. The van der Waals surface area contributed by atoms with Gasteiger partial charge in [-0.15, -0.1) is 21.5 Å². The van der Waals surface area contributed by atoms with Gasteiger partial charge >= 0.3 is 0 Å². The van der Waals surface area contributed by atoms with Crippen molar-refractivity contribution in [2.24, 2.45) is 10.9 Å². The highest BCUT2D eigenvalue weighted by Gasteiger charge is 2.34. The minimum absolute atomic E-state index is 0.0610. The van der Waals surface area contributed by atoms with Gasteiger partial charge in [-0.2, -0.15) is 0 Å². The van der Waals surface area contributed by atoms with Crippen LogP contribution in [0.2, 0.25) is 5.02 Å². The molecule has 5 aromatic rings. The molecule has 7 rings (SSSR count). The van der Waals surface area contributed by atoms with Gasteiger partial charge in [-0.25, -0.2) is 0 Å². The molecule has 13 nitrogen and oxygen atoms in total. The molecular formula is C46H53ClN8O5S. The summed E-state index contributed by atoms with van der Waals surface area (Å²) in [5.74, 6) is 1.70. The molecule has 2 aliphatic heterocycles. The standard InChI is InChI=1S/C46H53ClN8O5S/c1-26(2)43-45(59)50-35(24-56)20-33-15-18-36(21-38(33)54(43)6)60-25-31-11-9-30(10-12-31)23-49-39(57)8-7-19-48-40(58)22-37-44-53-52-29(5)55(44)46-41(27(3)28(4)61-46)42(51-37)32-13-16-34(47)17-14-32/h9-18,21,26,35,37,43,56H,7-8,19-20,22-25H2,1-6H3,(H,48,58)(H,49,57)(H,50,59)/t35-,37-,43?/m0/s1. The number of amides is 3. The van der Waals surface area contributed by atoms with Gasteiger partial charge in [0.05, 0.1) is 24.8 Å². The monoisotopic (exact) mass is 864 g/mol. The van der Waals surface area contributed by atoms with E-state index >= 15 is 0 Å². The van der Waals surface area contributed by atoms with Crippen LogP contribution in [0.25, 0.3) is 5.00 Å². The van der Waals surface area contributed by atoms with Crippen LogP contribution in [0.4, 0.5) is 5.69 Å². The largest absolute Gasteiger partial charge is 0.489 e. The Morgan fingerprint density at radius 2 is 1.74 bits per heavy atom. The third kappa shape index (κ3) is 9.82. The van der Waals surface area contributed by atoms with Crippen molar-refractivity contribution in [1.82, 2.24) is 30.7 Å². The molecule has 0 aliphatic carbocycles. The highest BCUT2D eigenvalue weighted by atomic mass is 35.5. The Labute approximate surface area is 365 Å². The molecule has 3 atom stereocenters. The van der Waals surface area contributed by atoms with E-state index in [4.69, 9.17) is 21.3 Å². The zero-order valence-corrected chi connectivity index (χ0v) is 37.0. The number of aliphatic hydroxyl groups is 1. The number of likely N-dealkylation sites (N-methyl/N-ethyl adjacent to an activating group) is 1. The summed E-state index contributed by atoms with van der Waals surface area (Å²) in [4.78, 5) is 47.5. The van der Waals surface area contributed by atoms with Gasteiger partial charge in [-0.3, -0.25) is 23.9 Å². The lowest BCUT2D eigenvalue weighted by atomic mass is 9.95. The Morgan fingerprint density at radius 3 is 2.46 bits per heavy atom. The molecule has 3 amide bonds. The number of thiophene rings is 1. The summed E-state index contributed by atoms with van der Waals surface area (Å²) in [6.45, 7) is 11.1. The highest BCUT2D eigenvalue weighted by molar-refractivity contribution is 7.15. The summed E-state index contributed by atoms with van der Waals surface area (Å²) in [6.07, 6.45) is 1.34. The quantitative estimate of drug-likeness (QED) is 0.0924. The maximum absolute atomic E-state index is 13.3. The number of anilines is 1. The lowest BCUT2D eigenvalue weighted by Crippen LogP contribution is -2.54. The normalized spacial score (nSPS) is 17.3. The molecule has 1 unspecified atom stereocenters. The third-order valence-electron chi connectivity index (χ3n) is 11.3. The summed E-state index contributed by atoms with van der Waals surface area (Å²) in [6, 6.07) is 20.0. The number of hydrogen-bond donors (Lipinski definition) is 4. The average Bonchev–Trinajstić information content (AvgIpc) is 3.72. The Bertz CT molecular complexity index is 2430. The molecule has 320 valence electrons. The van der Waals surface area contributed by atoms with Crippen LogP contribution in [0.3, 0.4) is 0 Å². The van der Waals surface area contributed by atoms with Crippen LogP contribution in [0.1, 0.15) is 89.1 Å². The Kier molecular flexibility index (Phi) is 13.6. The molecule has 61 heavy (non-hydrogen) atoms. The lowest BCUT2D eigenvalue weighted by Gasteiger charge is -2.37. The molecule has 2 aromatic heterocycles. The second-order valence-corrected chi connectivity index (χ2v) is 17.8. The second kappa shape index (κ2) is 19.0. The molecule has 0 spiro atoms. The number of aryl methyl sites for hydroxylation is 2. The molecule has 0 radical (unpaired) electrons. The van der Waals surface area contributed by atoms with Gasteiger partial charge in [0.1, 0.15) is 35.3 Å². The number of aliphatic hydroxyl groups excluding tert-OH is 1. The number of aromatic nitrogens is 3. The van der Waals surface area contributed by atoms with Gasteiger partial charge in [-0.05, 0) is 80.0 Å². The number of carbonyl (C=O) groups excluding carboxylic acids is 3. The van der Waals surface area contributed by atoms with Crippen LogP contribution < -0.4 is 25.6 Å². The lowest BCUT2D eigenvalue weighted by molar-refractivity contribution is -0.124. The zero-order chi connectivity index (χ0) is 43.4. The maximum Gasteiger partial charge on any atom is 0.243 e. The van der Waals surface area contributed by atoms with Crippen LogP contribution >= 0.6 is 22.9 Å². The number of nitrogens with one attached hydrogen (secondary N) is 3. The molecule has 3 aromatic carbocycles. The molecule has 0 saturated carbocycles. The summed E-state index contributed by atoms with van der Waals surface area (Å²) < 4.78 is 8.20. The van der Waals surface area contributed by atoms with Crippen molar-refractivity contribution in [3.63, 3.8) is 0 Å². The van der Waals surface area contributed by atoms with E-state index in [1.54, 1.807) is 11.3 Å². The van der Waals surface area contributed by atoms with E-state index in [9.17, 15) is 19.5 Å². The van der Waals surface area contributed by atoms with E-state index in [2.05, 4.69) is 40.0 Å². The first-order valence-electron chi connectivity index (χ1n) is 20.7. The minimum Gasteiger partial charge on any atom is -0.489 e. The van der Waals surface area contributed by atoms with E-state index in [-0.39, 0.29) is 55.2 Å². The Balaban J connectivity index is 0.889. The molecule has 15 heteroatoms. The SMILES string of the molecule is Cc1sc2c(c1C)C(c1ccc(Cl)cc1)=N[C@@H](CC(=O)NCCCC(=O)NCc1ccc(COc3ccc4c(c3)N(C)C(C(C)C)C(=O)N[C@H](CO)C4)cc1)c1nnc(C)n1-2. The van der Waals surface area contributed by atoms with Crippen LogP contribution in [-0.2, 0) is 34.0 Å². The molecule has 0 bridgehead atoms. The number of halogens is 1. The van der Waals surface area contributed by atoms with Crippen LogP contribution in [0, 0.1) is 26.7 Å². The molecule has 0 fully saturated rings. The number of hydrogen-bond acceptors (Lipinski definition) is 10. The maximum atomic E-state index is 13.3. The van der Waals surface area contributed by atoms with Gasteiger partial charge < -0.3 is 30.7 Å². The summed E-state index contributed by atoms with van der Waals surface area (Å²) in [7, 11) is 1.92. The first kappa shape index (κ1) is 43.5. The number of fused-ring (bicyclic) bond motifs is 4. The van der Waals surface area contributed by atoms with Gasteiger partial charge in [0.2, 0.25) is 17.7 Å². The topological polar surface area (TPSA) is 163 Å². The predicted octanol–water partition coefficient (Wildman–Crippen LogP) is 6.48. The van der Waals surface area contributed by atoms with Crippen LogP contribution in [0.5, 0.6) is 5.75 Å². The molecule has 4 heterocycles. The Hall–Kier alpha value is -5.57. The van der Waals surface area contributed by atoms with Gasteiger partial charge in [0.15, 0.2) is 5.82 Å². The number of ether oxygens (including phenoxy) is 1. The molecular weight excluding hydrogens is 812 g/mol. The fraction of sp³-hybridized carbons (Fsp3) is 0.391. The van der Waals surface area contributed by atoms with E-state index in [0.29, 0.717) is 49.1 Å². The van der Waals surface area contributed by atoms with Crippen molar-refractivity contribution in [2.45, 2.75) is 91.6 Å². The van der Waals surface area contributed by atoms with E-state index in [1.807, 2.05) is 104 Å². The third-order valence-corrected chi connectivity index (χ3v) is 12.8. The number of rotatable bonds is 14. The molecule has 4 N–H and O–H groups in total. The summed E-state index contributed by atoms with van der Waals surface area (Å²) >= 11 is 7.89. The van der Waals surface area contributed by atoms with Crippen molar-refractivity contribution >= 4 is 52.1 Å². The van der Waals surface area contributed by atoms with E-state index in [0.717, 1.165) is 55.6 Å². The first-order valence-corrected chi connectivity index (χ1v) is 21.9. The minimum atomic E-state index is -0.572. The van der Waals surface area contributed by atoms with Crippen molar-refractivity contribution in [1.29, 1.82) is 0 Å². The van der Waals surface area contributed by atoms with Crippen LogP contribution in [-0.4, -0.2) is 75.6 Å². The van der Waals surface area contributed by atoms with Crippen molar-refractivity contribution in [3.05, 3.63) is 122 Å². The predicted molar refractivity (Wildman–Crippen MR) is 239 cm³/mol. The van der Waals surface area contributed by atoms with E-state index < -0.39 is 6.04 Å². The summed E-state index contributed by atoms with van der Waals surface area (Å²) in [5.41, 5.74) is 7.69. The summed E-state index contributed by atoms with van der Waals surface area (Å²) in [5, 5.41) is 29.3. The smallest absolute Gasteiger partial charge is 0.243 e. The molecule has 0 saturated heterocycles. The highest BCUT2D eigenvalue weighted by Crippen LogP contribution is 2.40. The van der Waals surface area contributed by atoms with Gasteiger partial charge in [0, 0.05) is 59.3 Å². The van der Waals surface area contributed by atoms with Crippen molar-refractivity contribution in [3.8, 4) is 10.8 Å². The fourth-order valence-corrected chi connectivity index (χ4v) is 9.33. The van der Waals surface area contributed by atoms with Crippen molar-refractivity contribution in [2.75, 3.05) is 25.1 Å². The average molecular weight is 866 g/mol. The van der Waals surface area contributed by atoms with Crippen molar-refractivity contribution < 1.29 is 24.2 Å². The zero-order valence-electron chi connectivity index (χ0n) is 35.4. The van der Waals surface area contributed by atoms with Gasteiger partial charge in [0.25, 0.3) is 0 Å². The fourth-order valence-electron chi connectivity index (χ4n) is 7.99. The second-order valence-electron chi connectivity index (χ2n) is 16.1. The number of carbonyl (C=O) groups is 3. The number of aliphatic imine (C=N–C) groups is 1. The molecule has 2 aliphatic rings. The number of nitrogens with zero attached hydrogens (tertiary/aromatic N) is 5. The first-order chi connectivity index (χ1) is 29.3. The van der Waals surface area contributed by atoms with Gasteiger partial charge in [-0.1, -0.05) is 67.9 Å².